The molecular weight excluding hydrogens is 268 g/mol. The second-order valence-electron chi connectivity index (χ2n) is 5.48. The van der Waals surface area contributed by atoms with Gasteiger partial charge in [0.2, 0.25) is 0 Å². The molecule has 0 saturated carbocycles. The summed E-state index contributed by atoms with van der Waals surface area (Å²) in [5, 5.41) is 4.28. The lowest BCUT2D eigenvalue weighted by Gasteiger charge is -2.28. The van der Waals surface area contributed by atoms with Crippen molar-refractivity contribution in [1.29, 1.82) is 0 Å². The highest BCUT2D eigenvalue weighted by Gasteiger charge is 2.27. The average molecular weight is 290 g/mol. The molecule has 0 aromatic carbocycles. The summed E-state index contributed by atoms with van der Waals surface area (Å²) in [6, 6.07) is 0.440. The van der Waals surface area contributed by atoms with Crippen LogP contribution in [0.1, 0.15) is 33.1 Å². The van der Waals surface area contributed by atoms with Gasteiger partial charge < -0.3 is 5.32 Å². The zero-order chi connectivity index (χ0) is 13.2. The van der Waals surface area contributed by atoms with Crippen molar-refractivity contribution in [2.24, 2.45) is 10.9 Å². The fraction of sp³-hybridized carbons (Fsp3) is 0.917. The molecule has 0 aromatic heterocycles. The van der Waals surface area contributed by atoms with Gasteiger partial charge in [-0.2, -0.15) is 0 Å². The molecule has 1 saturated heterocycles. The Kier molecular flexibility index (Phi) is 4.59. The summed E-state index contributed by atoms with van der Waals surface area (Å²) in [4.78, 5) is 4.70. The Morgan fingerprint density at radius 1 is 1.39 bits per heavy atom. The topological polar surface area (TPSA) is 58.5 Å². The molecule has 2 atom stereocenters. The molecule has 0 radical (unpaired) electrons. The van der Waals surface area contributed by atoms with Gasteiger partial charge in [-0.25, -0.2) is 8.42 Å². The number of hydrogen-bond acceptors (Lipinski definition) is 5. The molecule has 2 rings (SSSR count). The Morgan fingerprint density at radius 2 is 2.17 bits per heavy atom. The van der Waals surface area contributed by atoms with E-state index in [-0.39, 0.29) is 11.8 Å². The number of amidine groups is 1. The Labute approximate surface area is 114 Å². The van der Waals surface area contributed by atoms with Crippen molar-refractivity contribution in [1.82, 2.24) is 5.32 Å². The van der Waals surface area contributed by atoms with E-state index in [1.54, 1.807) is 11.8 Å². The zero-order valence-corrected chi connectivity index (χ0v) is 12.7. The van der Waals surface area contributed by atoms with Crippen molar-refractivity contribution in [3.63, 3.8) is 0 Å². The van der Waals surface area contributed by atoms with E-state index in [1.165, 1.54) is 0 Å². The largest absolute Gasteiger partial charge is 0.361 e. The lowest BCUT2D eigenvalue weighted by molar-refractivity contribution is 0.479. The van der Waals surface area contributed by atoms with Gasteiger partial charge in [0.1, 0.15) is 0 Å². The Bertz CT molecular complexity index is 418. The van der Waals surface area contributed by atoms with Crippen molar-refractivity contribution in [3.05, 3.63) is 0 Å². The van der Waals surface area contributed by atoms with Gasteiger partial charge in [0.15, 0.2) is 15.0 Å². The molecule has 18 heavy (non-hydrogen) atoms. The van der Waals surface area contributed by atoms with E-state index in [4.69, 9.17) is 4.99 Å². The first-order chi connectivity index (χ1) is 8.46. The highest BCUT2D eigenvalue weighted by molar-refractivity contribution is 8.13. The van der Waals surface area contributed by atoms with Crippen LogP contribution in [0.3, 0.4) is 0 Å². The van der Waals surface area contributed by atoms with Crippen molar-refractivity contribution in [2.75, 3.05) is 17.3 Å². The summed E-state index contributed by atoms with van der Waals surface area (Å²) in [5.41, 5.74) is 0. The highest BCUT2D eigenvalue weighted by Crippen LogP contribution is 2.22. The number of rotatable bonds is 2. The molecule has 4 nitrogen and oxygen atoms in total. The fourth-order valence-electron chi connectivity index (χ4n) is 2.40. The molecule has 2 aliphatic rings. The molecule has 2 heterocycles. The van der Waals surface area contributed by atoms with Crippen LogP contribution in [0.2, 0.25) is 0 Å². The Hall–Kier alpha value is -0.230. The van der Waals surface area contributed by atoms with Gasteiger partial charge in [-0.1, -0.05) is 25.6 Å². The second kappa shape index (κ2) is 5.82. The molecule has 104 valence electrons. The van der Waals surface area contributed by atoms with Gasteiger partial charge in [-0.3, -0.25) is 4.99 Å². The molecular formula is C12H22N2O2S2. The monoisotopic (exact) mass is 290 g/mol. The predicted octanol–water partition coefficient (Wildman–Crippen LogP) is 1.67. The Morgan fingerprint density at radius 3 is 2.83 bits per heavy atom. The molecule has 0 spiro atoms. The molecule has 0 aromatic rings. The number of thioether (sulfide) groups is 1. The van der Waals surface area contributed by atoms with E-state index >= 15 is 0 Å². The lowest BCUT2D eigenvalue weighted by Crippen LogP contribution is -2.43. The van der Waals surface area contributed by atoms with Gasteiger partial charge in [-0.15, -0.1) is 0 Å². The van der Waals surface area contributed by atoms with Crippen LogP contribution in [0.5, 0.6) is 0 Å². The normalized spacial score (nSPS) is 32.1. The number of hydrogen-bond donors (Lipinski definition) is 1. The van der Waals surface area contributed by atoms with E-state index in [1.807, 2.05) is 0 Å². The third-order valence-corrected chi connectivity index (χ3v) is 6.25. The molecule has 2 aliphatic heterocycles. The molecule has 0 bridgehead atoms. The average Bonchev–Trinajstić information content (AvgIpc) is 2.28. The maximum Gasteiger partial charge on any atom is 0.157 e. The summed E-state index contributed by atoms with van der Waals surface area (Å²) in [6.45, 7) is 4.37. The number of nitrogens with zero attached hydrogens (tertiary/aromatic N) is 1. The van der Waals surface area contributed by atoms with Gasteiger partial charge in [0.05, 0.1) is 17.5 Å². The van der Waals surface area contributed by atoms with Crippen molar-refractivity contribution in [2.45, 2.75) is 45.2 Å². The highest BCUT2D eigenvalue weighted by atomic mass is 32.2. The summed E-state index contributed by atoms with van der Waals surface area (Å²) < 4.78 is 23.2. The minimum atomic E-state index is -2.84. The van der Waals surface area contributed by atoms with Crippen LogP contribution in [0.15, 0.2) is 4.99 Å². The quantitative estimate of drug-likeness (QED) is 0.840. The maximum absolute atomic E-state index is 11.6. The Balaban J connectivity index is 1.96. The standard InChI is InChI=1S/C12H22N2O2S2/c1-9(2)11-5-6-17-12(14-11)13-10-4-3-7-18(15,16)8-10/h9-11H,3-8H2,1-2H3,(H,13,14). The third kappa shape index (κ3) is 3.88. The zero-order valence-electron chi connectivity index (χ0n) is 11.1. The van der Waals surface area contributed by atoms with Gasteiger partial charge in [-0.05, 0) is 25.2 Å². The summed E-state index contributed by atoms with van der Waals surface area (Å²) >= 11 is 1.72. The van der Waals surface area contributed by atoms with Gasteiger partial charge >= 0.3 is 0 Å². The number of nitrogens with one attached hydrogen (secondary N) is 1. The SMILES string of the molecule is CC(C)C1CCSC(NC2CCCS(=O)(=O)C2)=N1. The van der Waals surface area contributed by atoms with Crippen LogP contribution in [0.4, 0.5) is 0 Å². The van der Waals surface area contributed by atoms with E-state index in [2.05, 4.69) is 19.2 Å². The summed E-state index contributed by atoms with van der Waals surface area (Å²) in [6.07, 6.45) is 2.83. The van der Waals surface area contributed by atoms with Crippen molar-refractivity contribution >= 4 is 26.8 Å². The number of sulfone groups is 1. The third-order valence-electron chi connectivity index (χ3n) is 3.50. The molecule has 6 heteroatoms. The smallest absolute Gasteiger partial charge is 0.157 e. The minimum Gasteiger partial charge on any atom is -0.361 e. The van der Waals surface area contributed by atoms with E-state index in [0.29, 0.717) is 17.7 Å². The lowest BCUT2D eigenvalue weighted by atomic mass is 10.0. The van der Waals surface area contributed by atoms with Crippen LogP contribution >= 0.6 is 11.8 Å². The van der Waals surface area contributed by atoms with Crippen LogP contribution in [-0.2, 0) is 9.84 Å². The van der Waals surface area contributed by atoms with Crippen LogP contribution < -0.4 is 5.32 Å². The van der Waals surface area contributed by atoms with Crippen LogP contribution in [0.25, 0.3) is 0 Å². The molecule has 1 N–H and O–H groups in total. The van der Waals surface area contributed by atoms with E-state index < -0.39 is 9.84 Å². The summed E-state index contributed by atoms with van der Waals surface area (Å²) in [7, 11) is -2.84. The molecule has 0 aliphatic carbocycles. The summed E-state index contributed by atoms with van der Waals surface area (Å²) in [5.74, 6) is 2.24. The number of aliphatic imine (C=N–C) groups is 1. The first kappa shape index (κ1) is 14.2. The van der Waals surface area contributed by atoms with Crippen molar-refractivity contribution in [3.8, 4) is 0 Å². The maximum atomic E-state index is 11.6. The van der Waals surface area contributed by atoms with Crippen LogP contribution in [-0.4, -0.2) is 42.9 Å². The first-order valence-corrected chi connectivity index (χ1v) is 9.44. The molecule has 0 amide bonds. The fourth-order valence-corrected chi connectivity index (χ4v) is 5.05. The first-order valence-electron chi connectivity index (χ1n) is 6.64. The predicted molar refractivity (Wildman–Crippen MR) is 77.9 cm³/mol. The van der Waals surface area contributed by atoms with Crippen molar-refractivity contribution < 1.29 is 8.42 Å². The minimum absolute atomic E-state index is 0.0564. The second-order valence-corrected chi connectivity index (χ2v) is 8.79. The van der Waals surface area contributed by atoms with E-state index in [0.717, 1.165) is 30.2 Å². The van der Waals surface area contributed by atoms with E-state index in [9.17, 15) is 8.42 Å². The van der Waals surface area contributed by atoms with Crippen LogP contribution in [0, 0.1) is 5.92 Å². The van der Waals surface area contributed by atoms with Gasteiger partial charge in [0, 0.05) is 11.8 Å². The van der Waals surface area contributed by atoms with Gasteiger partial charge in [0.25, 0.3) is 0 Å². The molecule has 2 unspecified atom stereocenters. The molecule has 1 fully saturated rings.